The molecule has 0 unspecified atom stereocenters. The fourth-order valence-corrected chi connectivity index (χ4v) is 0.938. The number of carbonyl (C=O) groups is 3. The molecule has 1 aromatic carbocycles. The van der Waals surface area contributed by atoms with Crippen molar-refractivity contribution in [3.63, 3.8) is 0 Å². The summed E-state index contributed by atoms with van der Waals surface area (Å²) in [7, 11) is 0. The minimum absolute atomic E-state index is 0.0642. The van der Waals surface area contributed by atoms with Gasteiger partial charge in [-0.25, -0.2) is 9.59 Å². The van der Waals surface area contributed by atoms with Gasteiger partial charge in [-0.05, 0) is 24.3 Å². The standard InChI is InChI=1S/C10H8O5/c1-6(11)15-10(14)8-4-2-7(3-5-8)9(12)13/h2-5H,1H3,(H,12,13). The van der Waals surface area contributed by atoms with Gasteiger partial charge in [0.25, 0.3) is 0 Å². The molecular weight excluding hydrogens is 200 g/mol. The largest absolute Gasteiger partial charge is 0.478 e. The summed E-state index contributed by atoms with van der Waals surface area (Å²) in [5.41, 5.74) is 0.199. The number of aromatic carboxylic acids is 1. The Morgan fingerprint density at radius 3 is 1.93 bits per heavy atom. The van der Waals surface area contributed by atoms with Gasteiger partial charge in [0.05, 0.1) is 11.1 Å². The van der Waals surface area contributed by atoms with Crippen molar-refractivity contribution in [3.8, 4) is 0 Å². The molecule has 5 nitrogen and oxygen atoms in total. The molecule has 0 saturated heterocycles. The van der Waals surface area contributed by atoms with E-state index in [4.69, 9.17) is 5.11 Å². The highest BCUT2D eigenvalue weighted by molar-refractivity contribution is 5.97. The van der Waals surface area contributed by atoms with E-state index in [-0.39, 0.29) is 11.1 Å². The summed E-state index contributed by atoms with van der Waals surface area (Å²) < 4.78 is 4.31. The van der Waals surface area contributed by atoms with E-state index in [0.717, 1.165) is 6.92 Å². The van der Waals surface area contributed by atoms with Crippen molar-refractivity contribution in [1.29, 1.82) is 0 Å². The Balaban J connectivity index is 2.84. The first-order valence-corrected chi connectivity index (χ1v) is 4.07. The highest BCUT2D eigenvalue weighted by Gasteiger charge is 2.10. The Labute approximate surface area is 85.3 Å². The van der Waals surface area contributed by atoms with E-state index in [1.54, 1.807) is 0 Å². The molecule has 5 heteroatoms. The van der Waals surface area contributed by atoms with Gasteiger partial charge in [-0.1, -0.05) is 0 Å². The number of esters is 2. The first-order chi connectivity index (χ1) is 7.00. The molecule has 0 atom stereocenters. The van der Waals surface area contributed by atoms with E-state index >= 15 is 0 Å². The molecule has 0 aromatic heterocycles. The second-order valence-electron chi connectivity index (χ2n) is 2.76. The third-order valence-electron chi connectivity index (χ3n) is 1.60. The van der Waals surface area contributed by atoms with Crippen molar-refractivity contribution >= 4 is 17.9 Å². The minimum Gasteiger partial charge on any atom is -0.478 e. The monoisotopic (exact) mass is 208 g/mol. The Kier molecular flexibility index (Phi) is 3.17. The van der Waals surface area contributed by atoms with Gasteiger partial charge in [0.15, 0.2) is 0 Å². The van der Waals surface area contributed by atoms with Gasteiger partial charge in [0, 0.05) is 6.92 Å². The zero-order valence-electron chi connectivity index (χ0n) is 7.89. The fraction of sp³-hybridized carbons (Fsp3) is 0.100. The van der Waals surface area contributed by atoms with Crippen LogP contribution in [0.15, 0.2) is 24.3 Å². The second-order valence-corrected chi connectivity index (χ2v) is 2.76. The Bertz CT molecular complexity index is 404. The van der Waals surface area contributed by atoms with Gasteiger partial charge in [-0.15, -0.1) is 0 Å². The average molecular weight is 208 g/mol. The summed E-state index contributed by atoms with van der Waals surface area (Å²) in [6.45, 7) is 1.11. The topological polar surface area (TPSA) is 80.7 Å². The normalized spacial score (nSPS) is 9.40. The second kappa shape index (κ2) is 4.36. The molecule has 1 rings (SSSR count). The molecule has 0 aliphatic rings. The molecule has 0 fully saturated rings. The van der Waals surface area contributed by atoms with E-state index < -0.39 is 17.9 Å². The van der Waals surface area contributed by atoms with Crippen LogP contribution in [0.4, 0.5) is 0 Å². The van der Waals surface area contributed by atoms with Gasteiger partial charge >= 0.3 is 17.9 Å². The molecule has 78 valence electrons. The number of rotatable bonds is 2. The predicted octanol–water partition coefficient (Wildman–Crippen LogP) is 1.09. The summed E-state index contributed by atoms with van der Waals surface area (Å²) in [5.74, 6) is -2.58. The molecule has 0 aliphatic carbocycles. The van der Waals surface area contributed by atoms with Crippen LogP contribution < -0.4 is 0 Å². The van der Waals surface area contributed by atoms with Crippen LogP contribution in [0.2, 0.25) is 0 Å². The number of carbonyl (C=O) groups excluding carboxylic acids is 2. The lowest BCUT2D eigenvalue weighted by Gasteiger charge is -2.00. The summed E-state index contributed by atoms with van der Waals surface area (Å²) in [5, 5.41) is 8.59. The predicted molar refractivity (Wildman–Crippen MR) is 49.5 cm³/mol. The molecule has 0 radical (unpaired) electrons. The SMILES string of the molecule is CC(=O)OC(=O)c1ccc(C(=O)O)cc1. The number of carboxylic acids is 1. The van der Waals surface area contributed by atoms with Crippen LogP contribution in [0.5, 0.6) is 0 Å². The maximum Gasteiger partial charge on any atom is 0.345 e. The van der Waals surface area contributed by atoms with Crippen LogP contribution in [-0.2, 0) is 9.53 Å². The molecule has 0 amide bonds. The Morgan fingerprint density at radius 1 is 1.07 bits per heavy atom. The smallest absolute Gasteiger partial charge is 0.345 e. The van der Waals surface area contributed by atoms with Crippen molar-refractivity contribution < 1.29 is 24.2 Å². The summed E-state index contributed by atoms with van der Waals surface area (Å²) in [6, 6.07) is 5.10. The zero-order chi connectivity index (χ0) is 11.4. The lowest BCUT2D eigenvalue weighted by molar-refractivity contribution is -0.135. The van der Waals surface area contributed by atoms with Crippen LogP contribution in [0.3, 0.4) is 0 Å². The van der Waals surface area contributed by atoms with Gasteiger partial charge in [-0.2, -0.15) is 0 Å². The number of carboxylic acid groups (broad SMARTS) is 1. The lowest BCUT2D eigenvalue weighted by Crippen LogP contribution is -2.09. The number of hydrogen-bond donors (Lipinski definition) is 1. The van der Waals surface area contributed by atoms with E-state index in [0.29, 0.717) is 0 Å². The first-order valence-electron chi connectivity index (χ1n) is 4.07. The molecule has 0 aliphatic heterocycles. The third kappa shape index (κ3) is 2.91. The molecule has 15 heavy (non-hydrogen) atoms. The fourth-order valence-electron chi connectivity index (χ4n) is 0.938. The lowest BCUT2D eigenvalue weighted by atomic mass is 10.1. The molecule has 0 saturated carbocycles. The van der Waals surface area contributed by atoms with Gasteiger partial charge in [0.1, 0.15) is 0 Å². The number of ether oxygens (including phenoxy) is 1. The minimum atomic E-state index is -1.08. The molecule has 0 spiro atoms. The first kappa shape index (κ1) is 10.9. The van der Waals surface area contributed by atoms with Gasteiger partial charge < -0.3 is 9.84 Å². The van der Waals surface area contributed by atoms with Crippen molar-refractivity contribution in [2.45, 2.75) is 6.92 Å². The van der Waals surface area contributed by atoms with Gasteiger partial charge in [0.2, 0.25) is 0 Å². The van der Waals surface area contributed by atoms with Crippen LogP contribution in [0, 0.1) is 0 Å². The molecule has 1 aromatic rings. The average Bonchev–Trinajstić information content (AvgIpc) is 2.17. The molecule has 0 heterocycles. The van der Waals surface area contributed by atoms with Crippen LogP contribution in [0.25, 0.3) is 0 Å². The van der Waals surface area contributed by atoms with Crippen LogP contribution in [0.1, 0.15) is 27.6 Å². The van der Waals surface area contributed by atoms with E-state index in [2.05, 4.69) is 4.74 Å². The number of hydrogen-bond acceptors (Lipinski definition) is 4. The summed E-state index contributed by atoms with van der Waals surface area (Å²) in [6.07, 6.45) is 0. The van der Waals surface area contributed by atoms with E-state index in [1.165, 1.54) is 24.3 Å². The Morgan fingerprint density at radius 2 is 1.53 bits per heavy atom. The highest BCUT2D eigenvalue weighted by Crippen LogP contribution is 2.06. The van der Waals surface area contributed by atoms with Crippen LogP contribution in [-0.4, -0.2) is 23.0 Å². The van der Waals surface area contributed by atoms with Crippen LogP contribution >= 0.6 is 0 Å². The summed E-state index contributed by atoms with van der Waals surface area (Å²) in [4.78, 5) is 32.1. The van der Waals surface area contributed by atoms with Crippen molar-refractivity contribution in [2.24, 2.45) is 0 Å². The van der Waals surface area contributed by atoms with Crippen molar-refractivity contribution in [1.82, 2.24) is 0 Å². The van der Waals surface area contributed by atoms with E-state index in [1.807, 2.05) is 0 Å². The van der Waals surface area contributed by atoms with E-state index in [9.17, 15) is 14.4 Å². The summed E-state index contributed by atoms with van der Waals surface area (Å²) >= 11 is 0. The highest BCUT2D eigenvalue weighted by atomic mass is 16.6. The molecule has 1 N–H and O–H groups in total. The van der Waals surface area contributed by atoms with Crippen molar-refractivity contribution in [3.05, 3.63) is 35.4 Å². The zero-order valence-corrected chi connectivity index (χ0v) is 7.89. The molecular formula is C10H8O5. The number of benzene rings is 1. The van der Waals surface area contributed by atoms with Crippen molar-refractivity contribution in [2.75, 3.05) is 0 Å². The maximum absolute atomic E-state index is 11.1. The Hall–Kier alpha value is -2.17. The van der Waals surface area contributed by atoms with Gasteiger partial charge in [-0.3, -0.25) is 4.79 Å². The quantitative estimate of drug-likeness (QED) is 0.581. The molecule has 0 bridgehead atoms. The third-order valence-corrected chi connectivity index (χ3v) is 1.60. The maximum atomic E-state index is 11.1.